The molecule has 2 N–H and O–H groups in total. The van der Waals surface area contributed by atoms with E-state index in [1.54, 1.807) is 0 Å². The third kappa shape index (κ3) is 4.68. The van der Waals surface area contributed by atoms with Crippen molar-refractivity contribution in [3.05, 3.63) is 141 Å². The van der Waals surface area contributed by atoms with Crippen LogP contribution in [0.2, 0.25) is 13.1 Å². The first kappa shape index (κ1) is 30.4. The zero-order chi connectivity index (χ0) is 29.1. The molecular formula is C36H34F2O2SiZr. The molecule has 2 atom stereocenters. The molecule has 0 amide bonds. The molecule has 6 heteroatoms. The first-order valence-electron chi connectivity index (χ1n) is 14.3. The summed E-state index contributed by atoms with van der Waals surface area (Å²) in [5, 5.41) is 24.4. The van der Waals surface area contributed by atoms with E-state index in [4.69, 9.17) is 0 Å². The van der Waals surface area contributed by atoms with Crippen LogP contribution < -0.4 is 0 Å². The third-order valence-corrected chi connectivity index (χ3v) is 12.7. The fourth-order valence-electron chi connectivity index (χ4n) is 7.55. The van der Waals surface area contributed by atoms with Crippen LogP contribution in [0.25, 0.3) is 10.4 Å². The van der Waals surface area contributed by atoms with Crippen LogP contribution in [0.5, 0.6) is 11.5 Å². The van der Waals surface area contributed by atoms with Crippen LogP contribution in [-0.4, -0.2) is 18.3 Å². The van der Waals surface area contributed by atoms with Crippen molar-refractivity contribution in [2.75, 3.05) is 0 Å². The molecule has 212 valence electrons. The summed E-state index contributed by atoms with van der Waals surface area (Å²) in [6.45, 7) is 9.02. The molecule has 0 fully saturated rings. The Bertz CT molecular complexity index is 1630. The van der Waals surface area contributed by atoms with Crippen LogP contribution in [0.3, 0.4) is 0 Å². The van der Waals surface area contributed by atoms with E-state index in [1.807, 2.05) is 12.1 Å². The van der Waals surface area contributed by atoms with Gasteiger partial charge in [-0.2, -0.15) is 0 Å². The molecule has 42 heavy (non-hydrogen) atoms. The molecule has 2 aliphatic rings. The molecule has 0 heterocycles. The molecule has 2 nitrogen and oxygen atoms in total. The zero-order valence-electron chi connectivity index (χ0n) is 24.3. The number of aromatic hydroxyl groups is 2. The summed E-state index contributed by atoms with van der Waals surface area (Å²) in [5.74, 6) is -1.01. The number of rotatable bonds is 6. The first-order chi connectivity index (χ1) is 19.7. The summed E-state index contributed by atoms with van der Waals surface area (Å²) < 4.78 is 29.1. The van der Waals surface area contributed by atoms with E-state index in [2.05, 4.69) is 63.3 Å². The summed E-state index contributed by atoms with van der Waals surface area (Å²) in [5.41, 5.74) is 8.10. The van der Waals surface area contributed by atoms with E-state index in [-0.39, 0.29) is 61.2 Å². The Morgan fingerprint density at radius 3 is 1.36 bits per heavy atom. The van der Waals surface area contributed by atoms with Gasteiger partial charge in [0.25, 0.3) is 0 Å². The molecule has 2 aliphatic carbocycles. The van der Waals surface area contributed by atoms with Crippen molar-refractivity contribution < 1.29 is 45.2 Å². The van der Waals surface area contributed by atoms with Crippen molar-refractivity contribution in [3.63, 3.8) is 0 Å². The van der Waals surface area contributed by atoms with Gasteiger partial charge in [-0.25, -0.2) is 8.78 Å². The van der Waals surface area contributed by atoms with Crippen molar-refractivity contribution in [2.45, 2.75) is 51.6 Å². The third-order valence-electron chi connectivity index (χ3n) is 9.03. The fourth-order valence-corrected chi connectivity index (χ4v) is 11.8. The molecule has 4 aromatic carbocycles. The van der Waals surface area contributed by atoms with Gasteiger partial charge in [-0.3, -0.25) is 0 Å². The average molecular weight is 656 g/mol. The number of hydrogen-bond acceptors (Lipinski definition) is 2. The molecule has 0 bridgehead atoms. The van der Waals surface area contributed by atoms with Gasteiger partial charge in [0.1, 0.15) is 31.2 Å². The Balaban J connectivity index is 0.00000353. The number of phenols is 2. The summed E-state index contributed by atoms with van der Waals surface area (Å²) in [7, 11) is -2.51. The molecule has 2 unspecified atom stereocenters. The first-order valence-corrected chi connectivity index (χ1v) is 17.3. The van der Waals surface area contributed by atoms with Gasteiger partial charge in [0.2, 0.25) is 0 Å². The van der Waals surface area contributed by atoms with Crippen molar-refractivity contribution in [1.82, 2.24) is 0 Å². The van der Waals surface area contributed by atoms with E-state index in [1.165, 1.54) is 57.9 Å². The van der Waals surface area contributed by atoms with Gasteiger partial charge in [0.15, 0.2) is 0 Å². The Labute approximate surface area is 266 Å². The van der Waals surface area contributed by atoms with Crippen molar-refractivity contribution >= 4 is 18.5 Å². The van der Waals surface area contributed by atoms with E-state index in [0.29, 0.717) is 11.1 Å². The maximum absolute atomic E-state index is 14.5. The number of allylic oxidation sites excluding steroid dienone is 2. The monoisotopic (exact) mass is 654 g/mol. The molecule has 4 aromatic rings. The molecule has 0 spiro atoms. The fraction of sp³-hybridized carbons (Fsp3) is 0.222. The van der Waals surface area contributed by atoms with E-state index >= 15 is 0 Å². The van der Waals surface area contributed by atoms with Crippen molar-refractivity contribution in [1.29, 1.82) is 0 Å². The smallest absolute Gasteiger partial charge is 0.123 e. The van der Waals surface area contributed by atoms with Gasteiger partial charge in [-0.1, -0.05) is 86.6 Å². The van der Waals surface area contributed by atoms with Gasteiger partial charge in [0, 0.05) is 49.2 Å². The predicted molar refractivity (Wildman–Crippen MR) is 165 cm³/mol. The molecule has 6 rings (SSSR count). The number of fused-ring (bicyclic) bond motifs is 2. The molecule has 0 radical (unpaired) electrons. The minimum atomic E-state index is -2.51. The standard InChI is InChI=1S/C36H34F2O2Si.Zr/c1-5-23-33(29-19-21(37)15-17-31(29)39)25-11-7-9-13-27(25)35(23)41(3,4)36-24(6-2)34(26-12-8-10-14-28(26)36)30-20-22(38)16-18-32(30)40;/h7-20,33-34,39-40H,5-6H2,1-4H3;. The van der Waals surface area contributed by atoms with Gasteiger partial charge >= 0.3 is 0 Å². The number of halogens is 2. The molecule has 0 saturated heterocycles. The second-order valence-electron chi connectivity index (χ2n) is 11.6. The quantitative estimate of drug-likeness (QED) is 0.203. The van der Waals surface area contributed by atoms with E-state index < -0.39 is 8.07 Å². The van der Waals surface area contributed by atoms with Crippen LogP contribution in [0, 0.1) is 11.6 Å². The zero-order valence-corrected chi connectivity index (χ0v) is 27.8. The maximum Gasteiger partial charge on any atom is 0.123 e. The molecule has 0 saturated carbocycles. The second-order valence-corrected chi connectivity index (χ2v) is 15.8. The van der Waals surface area contributed by atoms with Crippen LogP contribution >= 0.6 is 0 Å². The average Bonchev–Trinajstić information content (AvgIpc) is 3.49. The van der Waals surface area contributed by atoms with Gasteiger partial charge in [-0.15, -0.1) is 0 Å². The number of phenolic OH excluding ortho intramolecular Hbond substituents is 2. The minimum absolute atomic E-state index is 0. The van der Waals surface area contributed by atoms with Crippen LogP contribution in [0.15, 0.2) is 96.1 Å². The van der Waals surface area contributed by atoms with Crippen LogP contribution in [0.1, 0.15) is 71.9 Å². The SMILES string of the molecule is CCC1=C([Si](C)(C)C2=C(CC)C(c3cc(F)ccc3O)c3ccccc32)c2ccccc2C1c1cc(F)ccc1O.[Zr]. The Morgan fingerprint density at radius 2 is 0.976 bits per heavy atom. The molecular weight excluding hydrogens is 622 g/mol. The minimum Gasteiger partial charge on any atom is -0.508 e. The number of benzene rings is 4. The molecule has 0 aliphatic heterocycles. The van der Waals surface area contributed by atoms with Crippen LogP contribution in [0.4, 0.5) is 8.78 Å². The normalized spacial score (nSPS) is 17.8. The largest absolute Gasteiger partial charge is 0.508 e. The summed E-state index contributed by atoms with van der Waals surface area (Å²) in [6, 6.07) is 25.1. The van der Waals surface area contributed by atoms with Gasteiger partial charge in [0.05, 0.1) is 0 Å². The summed E-state index contributed by atoms with van der Waals surface area (Å²) in [6.07, 6.45) is 1.51. The van der Waals surface area contributed by atoms with E-state index in [0.717, 1.165) is 35.1 Å². The van der Waals surface area contributed by atoms with Crippen molar-refractivity contribution in [3.8, 4) is 11.5 Å². The van der Waals surface area contributed by atoms with Gasteiger partial charge in [-0.05, 0) is 81.9 Å². The number of hydrogen-bond donors (Lipinski definition) is 2. The van der Waals surface area contributed by atoms with Crippen molar-refractivity contribution in [2.24, 2.45) is 0 Å². The predicted octanol–water partition coefficient (Wildman–Crippen LogP) is 9.48. The molecule has 0 aromatic heterocycles. The Kier molecular flexibility index (Phi) is 8.35. The maximum atomic E-state index is 14.5. The summed E-state index contributed by atoms with van der Waals surface area (Å²) >= 11 is 0. The summed E-state index contributed by atoms with van der Waals surface area (Å²) in [4.78, 5) is 0. The van der Waals surface area contributed by atoms with Gasteiger partial charge < -0.3 is 10.2 Å². The Morgan fingerprint density at radius 1 is 0.595 bits per heavy atom. The second kappa shape index (κ2) is 11.5. The van der Waals surface area contributed by atoms with Crippen LogP contribution in [-0.2, 0) is 26.2 Å². The van der Waals surface area contributed by atoms with E-state index in [9.17, 15) is 19.0 Å². The topological polar surface area (TPSA) is 40.5 Å². The Hall–Kier alpha value is -3.08.